The zero-order valence-corrected chi connectivity index (χ0v) is 17.4. The largest absolute Gasteiger partial charge is 0.501 e. The zero-order valence-electron chi connectivity index (χ0n) is 17.4. The van der Waals surface area contributed by atoms with E-state index in [4.69, 9.17) is 10.5 Å². The Morgan fingerprint density at radius 1 is 1.42 bits per heavy atom. The number of amides is 1. The number of aromatic hydroxyl groups is 1. The highest BCUT2D eigenvalue weighted by molar-refractivity contribution is 6.06. The van der Waals surface area contributed by atoms with Crippen LogP contribution in [-0.2, 0) is 23.4 Å². The highest BCUT2D eigenvalue weighted by Crippen LogP contribution is 2.27. The maximum atomic E-state index is 13.7. The number of rotatable bonds is 5. The summed E-state index contributed by atoms with van der Waals surface area (Å²) in [5.74, 6) is -2.53. The van der Waals surface area contributed by atoms with Gasteiger partial charge in [-0.1, -0.05) is 6.07 Å². The van der Waals surface area contributed by atoms with Crippen LogP contribution in [0.2, 0.25) is 0 Å². The molecule has 1 aliphatic heterocycles. The molecule has 2 heterocycles. The number of carbonyl (C=O) groups is 2. The van der Waals surface area contributed by atoms with E-state index < -0.39 is 40.1 Å². The number of ether oxygens (including phenoxy) is 1. The summed E-state index contributed by atoms with van der Waals surface area (Å²) in [6, 6.07) is 3.55. The summed E-state index contributed by atoms with van der Waals surface area (Å²) >= 11 is 0. The van der Waals surface area contributed by atoms with Crippen LogP contribution < -0.4 is 16.6 Å². The van der Waals surface area contributed by atoms with E-state index >= 15 is 0 Å². The van der Waals surface area contributed by atoms with E-state index in [0.29, 0.717) is 5.56 Å². The molecule has 31 heavy (non-hydrogen) atoms. The highest BCUT2D eigenvalue weighted by Gasteiger charge is 2.34. The molecule has 164 valence electrons. The van der Waals surface area contributed by atoms with E-state index in [0.717, 1.165) is 18.2 Å². The van der Waals surface area contributed by atoms with E-state index in [-0.39, 0.29) is 36.8 Å². The van der Waals surface area contributed by atoms with E-state index in [1.807, 2.05) is 0 Å². The van der Waals surface area contributed by atoms with Crippen molar-refractivity contribution in [2.45, 2.75) is 39.5 Å². The van der Waals surface area contributed by atoms with Crippen LogP contribution in [0.5, 0.6) is 5.75 Å². The summed E-state index contributed by atoms with van der Waals surface area (Å²) in [5.41, 5.74) is 4.00. The number of nitrogens with zero attached hydrogens (tertiary/aromatic N) is 2. The normalized spacial score (nSPS) is 15.3. The van der Waals surface area contributed by atoms with Crippen LogP contribution in [0.4, 0.5) is 4.39 Å². The van der Waals surface area contributed by atoms with Crippen LogP contribution in [-0.4, -0.2) is 33.0 Å². The number of benzene rings is 1. The van der Waals surface area contributed by atoms with Gasteiger partial charge in [0.05, 0.1) is 13.2 Å². The minimum absolute atomic E-state index is 0.0299. The second-order valence-corrected chi connectivity index (χ2v) is 7.68. The molecule has 1 amide bonds. The van der Waals surface area contributed by atoms with Gasteiger partial charge in [0.1, 0.15) is 17.2 Å². The fraction of sp³-hybridized carbons (Fsp3) is 0.333. The van der Waals surface area contributed by atoms with Crippen molar-refractivity contribution >= 4 is 11.7 Å². The molecule has 4 N–H and O–H groups in total. The quantitative estimate of drug-likeness (QED) is 0.481. The van der Waals surface area contributed by atoms with Crippen molar-refractivity contribution in [1.29, 1.82) is 0 Å². The number of ketones is 1. The topological polar surface area (TPSA) is 137 Å². The molecule has 0 aliphatic carbocycles. The molecular weight excluding hydrogens is 407 g/mol. The Kier molecular flexibility index (Phi) is 5.94. The molecule has 0 fully saturated rings. The molecule has 0 saturated carbocycles. The smallest absolute Gasteiger partial charge is 0.296 e. The Hall–Kier alpha value is -3.53. The molecule has 1 aromatic carbocycles. The first-order valence-corrected chi connectivity index (χ1v) is 9.54. The minimum atomic E-state index is -0.927. The Morgan fingerprint density at radius 3 is 2.81 bits per heavy atom. The first-order valence-electron chi connectivity index (χ1n) is 9.54. The average molecular weight is 430 g/mol. The molecule has 10 heteroatoms. The lowest BCUT2D eigenvalue weighted by Gasteiger charge is -2.32. The first-order chi connectivity index (χ1) is 14.5. The Balaban J connectivity index is 1.91. The van der Waals surface area contributed by atoms with Crippen LogP contribution in [0.25, 0.3) is 0 Å². The Labute approximate surface area is 177 Å². The predicted molar refractivity (Wildman–Crippen MR) is 109 cm³/mol. The van der Waals surface area contributed by atoms with Gasteiger partial charge in [-0.3, -0.25) is 19.0 Å². The number of carbonyl (C=O) groups excluding carboxylic acids is 2. The number of nitrogens with one attached hydrogen (secondary N) is 1. The summed E-state index contributed by atoms with van der Waals surface area (Å²) in [7, 11) is 0. The molecule has 0 radical (unpaired) electrons. The van der Waals surface area contributed by atoms with Gasteiger partial charge in [0, 0.05) is 23.9 Å². The number of hydrogen-bond donors (Lipinski definition) is 3. The molecule has 9 nitrogen and oxygen atoms in total. The second-order valence-electron chi connectivity index (χ2n) is 7.68. The van der Waals surface area contributed by atoms with Crippen LogP contribution in [0.3, 0.4) is 0 Å². The van der Waals surface area contributed by atoms with Gasteiger partial charge >= 0.3 is 0 Å². The van der Waals surface area contributed by atoms with Crippen molar-refractivity contribution in [3.8, 4) is 5.75 Å². The lowest BCUT2D eigenvalue weighted by molar-refractivity contribution is -0.0566. The van der Waals surface area contributed by atoms with Gasteiger partial charge in [0.25, 0.3) is 11.5 Å². The van der Waals surface area contributed by atoms with E-state index in [9.17, 15) is 23.9 Å². The van der Waals surface area contributed by atoms with E-state index in [1.165, 1.54) is 17.6 Å². The second kappa shape index (κ2) is 8.31. The monoisotopic (exact) mass is 430 g/mol. The van der Waals surface area contributed by atoms with Gasteiger partial charge in [-0.15, -0.1) is 0 Å². The van der Waals surface area contributed by atoms with Crippen LogP contribution in [0.15, 0.2) is 34.8 Å². The number of halogens is 1. The lowest BCUT2D eigenvalue weighted by atomic mass is 10.0. The first kappa shape index (κ1) is 22.2. The maximum Gasteiger partial charge on any atom is 0.296 e. The van der Waals surface area contributed by atoms with Gasteiger partial charge in [-0.05, 0) is 38.5 Å². The number of allylic oxidation sites excluding steroid dienone is 2. The molecule has 0 bridgehead atoms. The number of nitrogens with two attached hydrogens (primary N) is 1. The summed E-state index contributed by atoms with van der Waals surface area (Å²) < 4.78 is 20.5. The SMILES string of the molecule is C/C(N)=C/C(=O)c1cc(F)ccc1CNC(=O)c1nc2n(c(=O)c1O)CCOC2(C)C. The molecule has 0 unspecified atom stereocenters. The van der Waals surface area contributed by atoms with Gasteiger partial charge < -0.3 is 20.9 Å². The summed E-state index contributed by atoms with van der Waals surface area (Å²) in [5, 5.41) is 12.8. The third-order valence-corrected chi connectivity index (χ3v) is 4.81. The van der Waals surface area contributed by atoms with Gasteiger partial charge in [0.15, 0.2) is 11.5 Å². The third kappa shape index (κ3) is 4.48. The fourth-order valence-corrected chi connectivity index (χ4v) is 3.30. The van der Waals surface area contributed by atoms with Gasteiger partial charge in [-0.25, -0.2) is 9.37 Å². The Bertz CT molecular complexity index is 1150. The van der Waals surface area contributed by atoms with Crippen LogP contribution >= 0.6 is 0 Å². The predicted octanol–water partition coefficient (Wildman–Crippen LogP) is 1.33. The van der Waals surface area contributed by atoms with Crippen molar-refractivity contribution in [3.05, 3.63) is 68.8 Å². The number of fused-ring (bicyclic) bond motifs is 1. The Morgan fingerprint density at radius 2 is 2.13 bits per heavy atom. The summed E-state index contributed by atoms with van der Waals surface area (Å²) in [6.07, 6.45) is 1.15. The molecule has 3 rings (SSSR count). The molecule has 0 atom stereocenters. The van der Waals surface area contributed by atoms with E-state index in [2.05, 4.69) is 10.3 Å². The van der Waals surface area contributed by atoms with Crippen LogP contribution in [0, 0.1) is 5.82 Å². The molecule has 2 aromatic rings. The molecule has 0 spiro atoms. The molecule has 1 aliphatic rings. The van der Waals surface area contributed by atoms with Gasteiger partial charge in [-0.2, -0.15) is 0 Å². The lowest BCUT2D eigenvalue weighted by Crippen LogP contribution is -2.42. The molecule has 1 aromatic heterocycles. The van der Waals surface area contributed by atoms with Crippen molar-refractivity contribution in [2.24, 2.45) is 5.73 Å². The fourth-order valence-electron chi connectivity index (χ4n) is 3.30. The van der Waals surface area contributed by atoms with Crippen molar-refractivity contribution in [1.82, 2.24) is 14.9 Å². The van der Waals surface area contributed by atoms with Crippen molar-refractivity contribution < 1.29 is 23.8 Å². The minimum Gasteiger partial charge on any atom is -0.501 e. The van der Waals surface area contributed by atoms with E-state index in [1.54, 1.807) is 13.8 Å². The molecule has 0 saturated heterocycles. The zero-order chi connectivity index (χ0) is 22.9. The number of hydrogen-bond acceptors (Lipinski definition) is 7. The molecular formula is C21H23FN4O5. The standard InChI is InChI=1S/C21H23FN4O5/c1-11(23)8-15(27)14-9-13(22)5-4-12(14)10-24-18(29)16-17(28)19(30)26-6-7-31-21(2,3)20(26)25-16/h4-5,8-9,28H,6-7,10,23H2,1-3H3,(H,24,29)/b11-8-. The van der Waals surface area contributed by atoms with Crippen molar-refractivity contribution in [3.63, 3.8) is 0 Å². The third-order valence-electron chi connectivity index (χ3n) is 4.81. The average Bonchev–Trinajstić information content (AvgIpc) is 2.69. The van der Waals surface area contributed by atoms with Crippen LogP contribution in [0.1, 0.15) is 53.0 Å². The highest BCUT2D eigenvalue weighted by atomic mass is 19.1. The number of aromatic nitrogens is 2. The van der Waals surface area contributed by atoms with Gasteiger partial charge in [0.2, 0.25) is 5.75 Å². The summed E-state index contributed by atoms with van der Waals surface area (Å²) in [6.45, 7) is 5.23. The maximum absolute atomic E-state index is 13.7. The summed E-state index contributed by atoms with van der Waals surface area (Å²) in [4.78, 5) is 41.7. The van der Waals surface area contributed by atoms with Crippen molar-refractivity contribution in [2.75, 3.05) is 6.61 Å².